The Balaban J connectivity index is 1.53. The lowest BCUT2D eigenvalue weighted by Gasteiger charge is -2.11. The number of carbonyl (C=O) groups excluding carboxylic acids is 1. The van der Waals surface area contributed by atoms with E-state index in [0.717, 1.165) is 11.3 Å². The van der Waals surface area contributed by atoms with Crippen molar-refractivity contribution in [2.24, 2.45) is 0 Å². The van der Waals surface area contributed by atoms with Gasteiger partial charge in [0.15, 0.2) is 17.3 Å². The van der Waals surface area contributed by atoms with E-state index in [9.17, 15) is 9.59 Å². The van der Waals surface area contributed by atoms with E-state index in [1.54, 1.807) is 38.5 Å². The van der Waals surface area contributed by atoms with Crippen molar-refractivity contribution in [1.29, 1.82) is 0 Å². The van der Waals surface area contributed by atoms with E-state index in [4.69, 9.17) is 14.2 Å². The summed E-state index contributed by atoms with van der Waals surface area (Å²) in [6.45, 7) is 4.66. The highest BCUT2D eigenvalue weighted by molar-refractivity contribution is 5.76. The Kier molecular flexibility index (Phi) is 9.41. The Morgan fingerprint density at radius 1 is 1.06 bits per heavy atom. The number of H-pyrrole nitrogens is 1. The zero-order valence-electron chi connectivity index (χ0n) is 20.0. The number of carbonyl (C=O) groups is 1. The monoisotopic (exact) mass is 478 g/mol. The highest BCUT2D eigenvalue weighted by Gasteiger charge is 2.12. The van der Waals surface area contributed by atoms with E-state index in [-0.39, 0.29) is 30.0 Å². The van der Waals surface area contributed by atoms with Crippen molar-refractivity contribution < 1.29 is 19.0 Å². The van der Waals surface area contributed by atoms with Crippen molar-refractivity contribution in [3.8, 4) is 28.6 Å². The highest BCUT2D eigenvalue weighted by atomic mass is 16.5. The molecule has 0 saturated heterocycles. The largest absolute Gasteiger partial charge is 0.497 e. The Labute approximate surface area is 204 Å². The number of hydrogen-bond acceptors (Lipinski definition) is 7. The summed E-state index contributed by atoms with van der Waals surface area (Å²) in [5.74, 6) is 2.05. The van der Waals surface area contributed by atoms with Crippen LogP contribution in [0.1, 0.15) is 24.1 Å². The first-order chi connectivity index (χ1) is 17.0. The smallest absolute Gasteiger partial charge is 0.273 e. The van der Waals surface area contributed by atoms with Crippen molar-refractivity contribution >= 4 is 5.91 Å². The first-order valence-corrected chi connectivity index (χ1v) is 11.3. The molecule has 0 radical (unpaired) electrons. The first kappa shape index (κ1) is 25.5. The third kappa shape index (κ3) is 7.43. The average Bonchev–Trinajstić information content (AvgIpc) is 2.88. The summed E-state index contributed by atoms with van der Waals surface area (Å²) in [5.41, 5.74) is 1.55. The molecule has 1 heterocycles. The second kappa shape index (κ2) is 12.9. The molecule has 0 saturated carbocycles. The summed E-state index contributed by atoms with van der Waals surface area (Å²) in [7, 11) is 3.16. The van der Waals surface area contributed by atoms with Crippen molar-refractivity contribution in [3.05, 3.63) is 76.7 Å². The third-order valence-corrected chi connectivity index (χ3v) is 5.27. The summed E-state index contributed by atoms with van der Waals surface area (Å²) in [4.78, 5) is 27.4. The molecule has 0 atom stereocenters. The maximum absolute atomic E-state index is 12.5. The number of nitrogens with zero attached hydrogens (tertiary/aromatic N) is 2. The highest BCUT2D eigenvalue weighted by Crippen LogP contribution is 2.31. The van der Waals surface area contributed by atoms with Crippen LogP contribution in [0.2, 0.25) is 0 Å². The molecule has 2 N–H and O–H groups in total. The van der Waals surface area contributed by atoms with Crippen LogP contribution in [-0.2, 0) is 17.6 Å². The zero-order chi connectivity index (χ0) is 25.0. The van der Waals surface area contributed by atoms with Gasteiger partial charge in [-0.1, -0.05) is 18.2 Å². The van der Waals surface area contributed by atoms with E-state index >= 15 is 0 Å². The first-order valence-electron chi connectivity index (χ1n) is 11.3. The number of methoxy groups -OCH3 is 2. The molecule has 0 bridgehead atoms. The Hall–Kier alpha value is -4.14. The minimum absolute atomic E-state index is 0.143. The van der Waals surface area contributed by atoms with Gasteiger partial charge in [-0.2, -0.15) is 0 Å². The van der Waals surface area contributed by atoms with Crippen LogP contribution < -0.4 is 25.1 Å². The fraction of sp³-hybridized carbons (Fsp3) is 0.308. The van der Waals surface area contributed by atoms with Gasteiger partial charge < -0.3 is 24.5 Å². The van der Waals surface area contributed by atoms with Gasteiger partial charge in [-0.05, 0) is 48.7 Å². The van der Waals surface area contributed by atoms with Gasteiger partial charge >= 0.3 is 0 Å². The van der Waals surface area contributed by atoms with Crippen LogP contribution >= 0.6 is 0 Å². The molecule has 0 spiro atoms. The second-order valence-corrected chi connectivity index (χ2v) is 7.69. The van der Waals surface area contributed by atoms with Crippen molar-refractivity contribution in [1.82, 2.24) is 20.5 Å². The van der Waals surface area contributed by atoms with Crippen LogP contribution in [0.15, 0.2) is 59.9 Å². The number of aromatic amines is 1. The predicted molar refractivity (Wildman–Crippen MR) is 133 cm³/mol. The SMILES string of the molecule is C=CCCOc1ccc(-c2nnc(CCC(=O)NCCc3ccc(OC)cc3)c(=O)[nH]2)cc1OC. The summed E-state index contributed by atoms with van der Waals surface area (Å²) < 4.78 is 16.2. The van der Waals surface area contributed by atoms with Crippen LogP contribution in [0.25, 0.3) is 11.4 Å². The van der Waals surface area contributed by atoms with Crippen LogP contribution in [0, 0.1) is 0 Å². The normalized spacial score (nSPS) is 10.5. The molecular weight excluding hydrogens is 448 g/mol. The number of benzene rings is 2. The molecule has 2 aromatic carbocycles. The number of ether oxygens (including phenoxy) is 3. The molecule has 9 nitrogen and oxygen atoms in total. The maximum atomic E-state index is 12.5. The van der Waals surface area contributed by atoms with Crippen molar-refractivity contribution in [2.45, 2.75) is 25.7 Å². The van der Waals surface area contributed by atoms with E-state index in [1.165, 1.54) is 0 Å². The van der Waals surface area contributed by atoms with Gasteiger partial charge in [-0.25, -0.2) is 0 Å². The molecule has 1 aromatic heterocycles. The lowest BCUT2D eigenvalue weighted by molar-refractivity contribution is -0.121. The lowest BCUT2D eigenvalue weighted by atomic mass is 10.1. The summed E-state index contributed by atoms with van der Waals surface area (Å²) >= 11 is 0. The van der Waals surface area contributed by atoms with Gasteiger partial charge in [0.2, 0.25) is 5.91 Å². The molecule has 0 aliphatic carbocycles. The van der Waals surface area contributed by atoms with Gasteiger partial charge in [-0.3, -0.25) is 9.59 Å². The molecule has 1 amide bonds. The number of rotatable bonds is 13. The summed E-state index contributed by atoms with van der Waals surface area (Å²) in [6.07, 6.45) is 3.52. The maximum Gasteiger partial charge on any atom is 0.273 e. The van der Waals surface area contributed by atoms with E-state index < -0.39 is 0 Å². The number of amides is 1. The van der Waals surface area contributed by atoms with Crippen LogP contribution in [0.3, 0.4) is 0 Å². The fourth-order valence-electron chi connectivity index (χ4n) is 3.30. The van der Waals surface area contributed by atoms with Crippen LogP contribution in [-0.4, -0.2) is 48.5 Å². The number of aromatic nitrogens is 3. The lowest BCUT2D eigenvalue weighted by Crippen LogP contribution is -2.27. The molecule has 0 aliphatic heterocycles. The van der Waals surface area contributed by atoms with Gasteiger partial charge in [0, 0.05) is 24.9 Å². The van der Waals surface area contributed by atoms with E-state index in [0.29, 0.717) is 48.9 Å². The minimum atomic E-state index is -0.383. The quantitative estimate of drug-likeness (QED) is 0.286. The molecule has 184 valence electrons. The van der Waals surface area contributed by atoms with Crippen LogP contribution in [0.4, 0.5) is 0 Å². The molecule has 3 aromatic rings. The second-order valence-electron chi connectivity index (χ2n) is 7.69. The fourth-order valence-corrected chi connectivity index (χ4v) is 3.30. The summed E-state index contributed by atoms with van der Waals surface area (Å²) in [6, 6.07) is 12.9. The molecule has 0 aliphatic rings. The van der Waals surface area contributed by atoms with Gasteiger partial charge in [0.25, 0.3) is 5.56 Å². The number of hydrogen-bond donors (Lipinski definition) is 2. The molecular formula is C26H30N4O5. The standard InChI is InChI=1S/C26H30N4O5/c1-4-5-16-35-22-12-8-19(17-23(22)34-3)25-28-26(32)21(29-30-25)11-13-24(31)27-15-14-18-6-9-20(33-2)10-7-18/h4,6-10,12,17H,1,5,11,13-16H2,2-3H3,(H,27,31)(H,28,30,32). The number of nitrogens with one attached hydrogen (secondary N) is 2. The zero-order valence-corrected chi connectivity index (χ0v) is 20.0. The number of aryl methyl sites for hydroxylation is 1. The van der Waals surface area contributed by atoms with Gasteiger partial charge in [-0.15, -0.1) is 16.8 Å². The van der Waals surface area contributed by atoms with E-state index in [1.807, 2.05) is 24.3 Å². The van der Waals surface area contributed by atoms with Crippen molar-refractivity contribution in [3.63, 3.8) is 0 Å². The predicted octanol–water partition coefficient (Wildman–Crippen LogP) is 3.10. The van der Waals surface area contributed by atoms with Crippen molar-refractivity contribution in [2.75, 3.05) is 27.4 Å². The summed E-state index contributed by atoms with van der Waals surface area (Å²) in [5, 5.41) is 11.0. The Bertz CT molecular complexity index is 1190. The molecule has 3 rings (SSSR count). The van der Waals surface area contributed by atoms with E-state index in [2.05, 4.69) is 27.1 Å². The molecule has 35 heavy (non-hydrogen) atoms. The van der Waals surface area contributed by atoms with Crippen LogP contribution in [0.5, 0.6) is 17.2 Å². The molecule has 0 fully saturated rings. The molecule has 9 heteroatoms. The minimum Gasteiger partial charge on any atom is -0.497 e. The Morgan fingerprint density at radius 2 is 1.86 bits per heavy atom. The Morgan fingerprint density at radius 3 is 2.54 bits per heavy atom. The van der Waals surface area contributed by atoms with Gasteiger partial charge in [0.05, 0.1) is 20.8 Å². The topological polar surface area (TPSA) is 115 Å². The third-order valence-electron chi connectivity index (χ3n) is 5.27. The molecule has 0 unspecified atom stereocenters. The average molecular weight is 479 g/mol. The van der Waals surface area contributed by atoms with Gasteiger partial charge in [0.1, 0.15) is 11.4 Å².